The molecule has 0 saturated carbocycles. The van der Waals surface area contributed by atoms with Gasteiger partial charge in [0.05, 0.1) is 17.8 Å². The van der Waals surface area contributed by atoms with Crippen molar-refractivity contribution in [2.45, 2.75) is 6.42 Å². The Morgan fingerprint density at radius 3 is 2.16 bits per heavy atom. The van der Waals surface area contributed by atoms with Crippen LogP contribution in [0.25, 0.3) is 10.8 Å². The number of benzene rings is 4. The van der Waals surface area contributed by atoms with E-state index in [9.17, 15) is 4.79 Å². The van der Waals surface area contributed by atoms with Crippen LogP contribution in [0.5, 0.6) is 0 Å². The van der Waals surface area contributed by atoms with Crippen molar-refractivity contribution in [3.05, 3.63) is 103 Å². The van der Waals surface area contributed by atoms with E-state index >= 15 is 0 Å². The number of carbonyl (C=O) groups excluding carboxylic acids is 1. The highest BCUT2D eigenvalue weighted by Crippen LogP contribution is 2.21. The zero-order valence-electron chi connectivity index (χ0n) is 16.7. The molecule has 0 fully saturated rings. The lowest BCUT2D eigenvalue weighted by Gasteiger charge is -2.11. The van der Waals surface area contributed by atoms with E-state index in [1.165, 1.54) is 0 Å². The van der Waals surface area contributed by atoms with Crippen molar-refractivity contribution in [3.8, 4) is 0 Å². The number of hydrogen-bond donors (Lipinski definition) is 2. The Hall–Kier alpha value is -3.90. The third-order valence-corrected chi connectivity index (χ3v) is 4.85. The Kier molecular flexibility index (Phi) is 6.40. The number of nitrogens with zero attached hydrogens (tertiary/aromatic N) is 2. The van der Waals surface area contributed by atoms with Gasteiger partial charge in [-0.3, -0.25) is 4.79 Å². The predicted octanol–water partition coefficient (Wildman–Crippen LogP) is 6.31. The monoisotopic (exact) mass is 424 g/mol. The number of rotatable bonds is 5. The molecule has 0 bridgehead atoms. The van der Waals surface area contributed by atoms with Crippen LogP contribution in [0, 0.1) is 0 Å². The van der Waals surface area contributed by atoms with Gasteiger partial charge in [0.25, 0.3) is 0 Å². The van der Waals surface area contributed by atoms with E-state index in [1.54, 1.807) is 0 Å². The van der Waals surface area contributed by atoms with Crippen molar-refractivity contribution in [2.75, 3.05) is 5.32 Å². The maximum atomic E-state index is 12.5. The summed E-state index contributed by atoms with van der Waals surface area (Å²) in [5.74, 6) is -0.165. The van der Waals surface area contributed by atoms with E-state index in [0.717, 1.165) is 33.4 Å². The lowest BCUT2D eigenvalue weighted by molar-refractivity contribution is -0.119. The second-order valence-electron chi connectivity index (χ2n) is 6.90. The Morgan fingerprint density at radius 1 is 0.742 bits per heavy atom. The van der Waals surface area contributed by atoms with Crippen molar-refractivity contribution < 1.29 is 4.79 Å². The van der Waals surface area contributed by atoms with Crippen molar-refractivity contribution in [1.82, 2.24) is 5.32 Å². The first-order valence-electron chi connectivity index (χ1n) is 9.82. The van der Waals surface area contributed by atoms with Crippen LogP contribution in [-0.2, 0) is 11.2 Å². The highest BCUT2D eigenvalue weighted by molar-refractivity contribution is 7.80. The second kappa shape index (κ2) is 9.73. The number of fused-ring (bicyclic) bond motifs is 1. The van der Waals surface area contributed by atoms with Crippen LogP contribution in [-0.4, -0.2) is 11.0 Å². The van der Waals surface area contributed by atoms with Crippen molar-refractivity contribution in [1.29, 1.82) is 0 Å². The molecule has 0 radical (unpaired) electrons. The summed E-state index contributed by atoms with van der Waals surface area (Å²) in [6.45, 7) is 0. The summed E-state index contributed by atoms with van der Waals surface area (Å²) in [5, 5.41) is 16.6. The minimum atomic E-state index is -0.165. The summed E-state index contributed by atoms with van der Waals surface area (Å²) >= 11 is 5.29. The van der Waals surface area contributed by atoms with Crippen molar-refractivity contribution >= 4 is 51.1 Å². The number of nitrogens with one attached hydrogen (secondary N) is 2. The van der Waals surface area contributed by atoms with Crippen LogP contribution < -0.4 is 10.6 Å². The molecule has 0 aliphatic rings. The molecule has 1 amide bonds. The molecule has 0 atom stereocenters. The van der Waals surface area contributed by atoms with Gasteiger partial charge in [-0.15, -0.1) is 0 Å². The van der Waals surface area contributed by atoms with E-state index in [1.807, 2.05) is 97.1 Å². The van der Waals surface area contributed by atoms with Gasteiger partial charge in [0.2, 0.25) is 5.91 Å². The highest BCUT2D eigenvalue weighted by atomic mass is 32.1. The molecular weight excluding hydrogens is 404 g/mol. The zero-order valence-corrected chi connectivity index (χ0v) is 17.5. The lowest BCUT2D eigenvalue weighted by Crippen LogP contribution is -2.35. The smallest absolute Gasteiger partial charge is 0.230 e. The summed E-state index contributed by atoms with van der Waals surface area (Å²) in [4.78, 5) is 12.5. The van der Waals surface area contributed by atoms with E-state index < -0.39 is 0 Å². The molecule has 0 aliphatic carbocycles. The number of carbonyl (C=O) groups is 1. The molecule has 4 aromatic carbocycles. The molecule has 2 N–H and O–H groups in total. The van der Waals surface area contributed by atoms with Gasteiger partial charge in [-0.2, -0.15) is 10.2 Å². The van der Waals surface area contributed by atoms with Gasteiger partial charge >= 0.3 is 0 Å². The van der Waals surface area contributed by atoms with Gasteiger partial charge in [-0.1, -0.05) is 60.7 Å². The van der Waals surface area contributed by atoms with E-state index in [4.69, 9.17) is 12.2 Å². The molecule has 0 saturated heterocycles. The summed E-state index contributed by atoms with van der Waals surface area (Å²) in [6, 6.07) is 30.8. The summed E-state index contributed by atoms with van der Waals surface area (Å²) < 4.78 is 0. The van der Waals surface area contributed by atoms with Crippen molar-refractivity contribution in [3.63, 3.8) is 0 Å². The average molecular weight is 425 g/mol. The second-order valence-corrected chi connectivity index (χ2v) is 7.31. The molecule has 0 aliphatic heterocycles. The fourth-order valence-corrected chi connectivity index (χ4v) is 3.41. The fourth-order valence-electron chi connectivity index (χ4n) is 3.17. The SMILES string of the molecule is O=C(Cc1cccc2ccccc12)NC(=S)Nc1ccc(N=Nc2ccccc2)cc1. The number of thiocarbonyl (C=S) groups is 1. The van der Waals surface area contributed by atoms with Crippen LogP contribution in [0.15, 0.2) is 107 Å². The van der Waals surface area contributed by atoms with Gasteiger partial charge < -0.3 is 10.6 Å². The quantitative estimate of drug-likeness (QED) is 0.291. The first-order chi connectivity index (χ1) is 15.2. The predicted molar refractivity (Wildman–Crippen MR) is 129 cm³/mol. The lowest BCUT2D eigenvalue weighted by atomic mass is 10.0. The minimum absolute atomic E-state index is 0.165. The fraction of sp³-hybridized carbons (Fsp3) is 0.0400. The van der Waals surface area contributed by atoms with Crippen LogP contribution in [0.4, 0.5) is 17.1 Å². The maximum absolute atomic E-state index is 12.5. The normalized spacial score (nSPS) is 10.8. The average Bonchev–Trinajstić information content (AvgIpc) is 2.79. The number of amides is 1. The molecule has 4 aromatic rings. The molecule has 0 aromatic heterocycles. The number of anilines is 1. The van der Waals surface area contributed by atoms with E-state index in [0.29, 0.717) is 0 Å². The van der Waals surface area contributed by atoms with Gasteiger partial charge in [0, 0.05) is 5.69 Å². The standard InChI is InChI=1S/C25H20N4OS/c30-24(17-19-9-6-8-18-7-4-5-12-23(18)19)27-25(31)26-20-13-15-22(16-14-20)29-28-21-10-2-1-3-11-21/h1-16H,17H2,(H2,26,27,30,31). The minimum Gasteiger partial charge on any atom is -0.332 e. The number of hydrogen-bond acceptors (Lipinski definition) is 4. The Labute approximate surface area is 185 Å². The van der Waals surface area contributed by atoms with Gasteiger partial charge in [0.15, 0.2) is 5.11 Å². The molecule has 0 heterocycles. The largest absolute Gasteiger partial charge is 0.332 e. The zero-order chi connectivity index (χ0) is 21.5. The van der Waals surface area contributed by atoms with Crippen molar-refractivity contribution in [2.24, 2.45) is 10.2 Å². The Bertz CT molecular complexity index is 1230. The third-order valence-electron chi connectivity index (χ3n) is 4.65. The molecule has 4 rings (SSSR count). The van der Waals surface area contributed by atoms with Crippen LogP contribution in [0.1, 0.15) is 5.56 Å². The first kappa shape index (κ1) is 20.4. The topological polar surface area (TPSA) is 65.8 Å². The maximum Gasteiger partial charge on any atom is 0.230 e. The third kappa shape index (κ3) is 5.58. The van der Waals surface area contributed by atoms with Gasteiger partial charge in [-0.05, 0) is 65.0 Å². The van der Waals surface area contributed by atoms with E-state index in [-0.39, 0.29) is 17.4 Å². The van der Waals surface area contributed by atoms with Crippen LogP contribution in [0.2, 0.25) is 0 Å². The number of azo groups is 1. The molecule has 0 unspecified atom stereocenters. The molecule has 0 spiro atoms. The van der Waals surface area contributed by atoms with Crippen LogP contribution >= 0.6 is 12.2 Å². The Balaban J connectivity index is 1.33. The molecule has 152 valence electrons. The molecule has 6 heteroatoms. The summed E-state index contributed by atoms with van der Waals surface area (Å²) in [6.07, 6.45) is 0.252. The highest BCUT2D eigenvalue weighted by Gasteiger charge is 2.09. The summed E-state index contributed by atoms with van der Waals surface area (Å²) in [7, 11) is 0. The van der Waals surface area contributed by atoms with E-state index in [2.05, 4.69) is 20.9 Å². The summed E-state index contributed by atoms with van der Waals surface area (Å²) in [5.41, 5.74) is 3.24. The Morgan fingerprint density at radius 2 is 1.39 bits per heavy atom. The molecule has 5 nitrogen and oxygen atoms in total. The van der Waals surface area contributed by atoms with Gasteiger partial charge in [-0.25, -0.2) is 0 Å². The van der Waals surface area contributed by atoms with Gasteiger partial charge in [0.1, 0.15) is 0 Å². The van der Waals surface area contributed by atoms with Crippen LogP contribution in [0.3, 0.4) is 0 Å². The first-order valence-corrected chi connectivity index (χ1v) is 10.2. The molecular formula is C25H20N4OS. The molecule has 31 heavy (non-hydrogen) atoms.